The van der Waals surface area contributed by atoms with Crippen LogP contribution in [0.25, 0.3) is 0 Å². The van der Waals surface area contributed by atoms with Gasteiger partial charge in [-0.15, -0.1) is 0 Å². The fourth-order valence-corrected chi connectivity index (χ4v) is 4.33. The predicted molar refractivity (Wildman–Crippen MR) is 124 cm³/mol. The van der Waals surface area contributed by atoms with Crippen molar-refractivity contribution in [1.82, 2.24) is 0 Å². The van der Waals surface area contributed by atoms with Gasteiger partial charge in [-0.1, -0.05) is 6.07 Å². The first-order chi connectivity index (χ1) is 15.1. The highest BCUT2D eigenvalue weighted by Gasteiger charge is 2.21. The van der Waals surface area contributed by atoms with E-state index in [9.17, 15) is 17.6 Å². The topological polar surface area (TPSA) is 75.7 Å². The van der Waals surface area contributed by atoms with Gasteiger partial charge in [-0.25, -0.2) is 12.8 Å². The summed E-state index contributed by atoms with van der Waals surface area (Å²) in [4.78, 5) is 12.9. The maximum absolute atomic E-state index is 13.3. The highest BCUT2D eigenvalue weighted by atomic mass is 32.2. The predicted octanol–water partition coefficient (Wildman–Crippen LogP) is 4.67. The van der Waals surface area contributed by atoms with Crippen LogP contribution in [0.3, 0.4) is 0 Å². The van der Waals surface area contributed by atoms with Gasteiger partial charge in [0.2, 0.25) is 10.0 Å². The molecule has 168 valence electrons. The third kappa shape index (κ3) is 5.64. The minimum absolute atomic E-state index is 0.0850. The number of ether oxygens (including phenoxy) is 1. The van der Waals surface area contributed by atoms with Gasteiger partial charge in [0.15, 0.2) is 0 Å². The lowest BCUT2D eigenvalue weighted by Gasteiger charge is -2.24. The first-order valence-corrected chi connectivity index (χ1v) is 11.7. The summed E-state index contributed by atoms with van der Waals surface area (Å²) in [5.41, 5.74) is 3.88. The molecule has 32 heavy (non-hydrogen) atoms. The number of rotatable bonds is 7. The largest absolute Gasteiger partial charge is 0.496 e. The molecule has 3 aromatic carbocycles. The van der Waals surface area contributed by atoms with E-state index in [1.54, 1.807) is 18.2 Å². The van der Waals surface area contributed by atoms with Crippen LogP contribution in [0, 0.1) is 19.7 Å². The van der Waals surface area contributed by atoms with Crippen molar-refractivity contribution in [3.63, 3.8) is 0 Å². The average Bonchev–Trinajstić information content (AvgIpc) is 2.71. The molecule has 1 amide bonds. The van der Waals surface area contributed by atoms with Gasteiger partial charge < -0.3 is 10.1 Å². The fraction of sp³-hybridized carbons (Fsp3) is 0.208. The second kappa shape index (κ2) is 9.40. The van der Waals surface area contributed by atoms with E-state index in [0.29, 0.717) is 28.3 Å². The van der Waals surface area contributed by atoms with E-state index in [1.165, 1.54) is 31.4 Å². The normalized spacial score (nSPS) is 11.2. The number of benzene rings is 3. The minimum Gasteiger partial charge on any atom is -0.496 e. The summed E-state index contributed by atoms with van der Waals surface area (Å²) < 4.78 is 44.8. The molecule has 0 saturated heterocycles. The number of amides is 1. The van der Waals surface area contributed by atoms with E-state index in [-0.39, 0.29) is 12.5 Å². The van der Waals surface area contributed by atoms with E-state index in [2.05, 4.69) is 5.32 Å². The zero-order valence-electron chi connectivity index (χ0n) is 18.3. The van der Waals surface area contributed by atoms with Crippen molar-refractivity contribution in [2.45, 2.75) is 20.4 Å². The molecule has 3 rings (SSSR count). The molecule has 0 saturated carbocycles. The zero-order valence-corrected chi connectivity index (χ0v) is 19.2. The van der Waals surface area contributed by atoms with Crippen molar-refractivity contribution in [3.05, 3.63) is 88.7 Å². The summed E-state index contributed by atoms with van der Waals surface area (Å²) in [7, 11) is -2.22. The first kappa shape index (κ1) is 23.3. The van der Waals surface area contributed by atoms with Crippen molar-refractivity contribution in [2.75, 3.05) is 23.0 Å². The van der Waals surface area contributed by atoms with E-state index < -0.39 is 15.8 Å². The summed E-state index contributed by atoms with van der Waals surface area (Å²) in [6, 6.07) is 15.7. The molecular weight excluding hydrogens is 431 g/mol. The van der Waals surface area contributed by atoms with Crippen LogP contribution in [0.4, 0.5) is 15.8 Å². The second-order valence-corrected chi connectivity index (χ2v) is 9.51. The number of halogens is 1. The maximum atomic E-state index is 13.3. The van der Waals surface area contributed by atoms with Gasteiger partial charge in [0.1, 0.15) is 11.6 Å². The van der Waals surface area contributed by atoms with Gasteiger partial charge >= 0.3 is 0 Å². The highest BCUT2D eigenvalue weighted by molar-refractivity contribution is 7.92. The SMILES string of the molecule is COc1ccc(C(=O)Nc2cc(C)cc(C)c2)cc1CN(c1ccc(F)cc1)S(C)(=O)=O. The number of sulfonamides is 1. The molecule has 0 aliphatic carbocycles. The fourth-order valence-electron chi connectivity index (χ4n) is 3.46. The minimum atomic E-state index is -3.69. The Kier molecular flexibility index (Phi) is 6.84. The molecule has 0 spiro atoms. The molecule has 0 unspecified atom stereocenters. The zero-order chi connectivity index (χ0) is 23.5. The van der Waals surface area contributed by atoms with E-state index in [4.69, 9.17) is 4.74 Å². The molecule has 0 aromatic heterocycles. The van der Waals surface area contributed by atoms with Crippen LogP contribution in [0.1, 0.15) is 27.0 Å². The summed E-state index contributed by atoms with van der Waals surface area (Å²) >= 11 is 0. The molecule has 8 heteroatoms. The molecule has 0 heterocycles. The summed E-state index contributed by atoms with van der Waals surface area (Å²) in [5, 5.41) is 2.87. The molecule has 0 bridgehead atoms. The third-order valence-electron chi connectivity index (χ3n) is 4.85. The van der Waals surface area contributed by atoms with E-state index >= 15 is 0 Å². The Hall–Kier alpha value is -3.39. The number of hydrogen-bond acceptors (Lipinski definition) is 4. The number of aryl methyl sites for hydroxylation is 2. The smallest absolute Gasteiger partial charge is 0.255 e. The van der Waals surface area contributed by atoms with Crippen molar-refractivity contribution in [2.24, 2.45) is 0 Å². The molecule has 1 N–H and O–H groups in total. The van der Waals surface area contributed by atoms with Crippen LogP contribution in [0.5, 0.6) is 5.75 Å². The van der Waals surface area contributed by atoms with Gasteiger partial charge in [-0.2, -0.15) is 0 Å². The lowest BCUT2D eigenvalue weighted by Crippen LogP contribution is -2.29. The number of nitrogens with zero attached hydrogens (tertiary/aromatic N) is 1. The Labute approximate surface area is 187 Å². The van der Waals surface area contributed by atoms with Crippen LogP contribution >= 0.6 is 0 Å². The third-order valence-corrected chi connectivity index (χ3v) is 5.99. The van der Waals surface area contributed by atoms with Crippen LogP contribution in [-0.2, 0) is 16.6 Å². The Morgan fingerprint density at radius 1 is 1.00 bits per heavy atom. The number of carbonyl (C=O) groups is 1. The number of methoxy groups -OCH3 is 1. The number of carbonyl (C=O) groups excluding carboxylic acids is 1. The highest BCUT2D eigenvalue weighted by Crippen LogP contribution is 2.27. The molecule has 0 radical (unpaired) electrons. The van der Waals surface area contributed by atoms with E-state index in [1.807, 2.05) is 32.0 Å². The molecule has 0 aliphatic rings. The van der Waals surface area contributed by atoms with Gasteiger partial charge in [0.05, 0.1) is 25.6 Å². The monoisotopic (exact) mass is 456 g/mol. The standard InChI is InChI=1S/C24H25FN2O4S/c1-16-11-17(2)13-21(12-16)26-24(28)18-5-10-23(31-3)19(14-18)15-27(32(4,29)30)22-8-6-20(25)7-9-22/h5-14H,15H2,1-4H3,(H,26,28). The van der Waals surface area contributed by atoms with Crippen molar-refractivity contribution in [3.8, 4) is 5.75 Å². The van der Waals surface area contributed by atoms with E-state index in [0.717, 1.165) is 21.7 Å². The summed E-state index contributed by atoms with van der Waals surface area (Å²) in [6.07, 6.45) is 1.07. The number of nitrogens with one attached hydrogen (secondary N) is 1. The van der Waals surface area contributed by atoms with Crippen LogP contribution in [0.15, 0.2) is 60.7 Å². The van der Waals surface area contributed by atoms with Crippen molar-refractivity contribution < 1.29 is 22.3 Å². The molecule has 3 aromatic rings. The first-order valence-electron chi connectivity index (χ1n) is 9.86. The average molecular weight is 457 g/mol. The molecular formula is C24H25FN2O4S. The Morgan fingerprint density at radius 3 is 2.19 bits per heavy atom. The quantitative estimate of drug-likeness (QED) is 0.561. The van der Waals surface area contributed by atoms with Gasteiger partial charge in [0.25, 0.3) is 5.91 Å². The maximum Gasteiger partial charge on any atom is 0.255 e. The number of hydrogen-bond donors (Lipinski definition) is 1. The lowest BCUT2D eigenvalue weighted by molar-refractivity contribution is 0.102. The van der Waals surface area contributed by atoms with Crippen LogP contribution in [-0.4, -0.2) is 27.7 Å². The van der Waals surface area contributed by atoms with Gasteiger partial charge in [-0.05, 0) is 79.6 Å². The van der Waals surface area contributed by atoms with Gasteiger partial charge in [0, 0.05) is 16.8 Å². The van der Waals surface area contributed by atoms with Gasteiger partial charge in [-0.3, -0.25) is 9.10 Å². The van der Waals surface area contributed by atoms with Crippen molar-refractivity contribution in [1.29, 1.82) is 0 Å². The summed E-state index contributed by atoms with van der Waals surface area (Å²) in [5.74, 6) is -0.361. The summed E-state index contributed by atoms with van der Waals surface area (Å²) in [6.45, 7) is 3.81. The van der Waals surface area contributed by atoms with Crippen molar-refractivity contribution >= 4 is 27.3 Å². The van der Waals surface area contributed by atoms with Crippen LogP contribution < -0.4 is 14.4 Å². The number of anilines is 2. The Bertz CT molecular complexity index is 1220. The molecule has 0 aliphatic heterocycles. The Morgan fingerprint density at radius 2 is 1.62 bits per heavy atom. The van der Waals surface area contributed by atoms with Crippen LogP contribution in [0.2, 0.25) is 0 Å². The second-order valence-electron chi connectivity index (χ2n) is 7.60. The molecule has 0 fully saturated rings. The molecule has 6 nitrogen and oxygen atoms in total. The Balaban J connectivity index is 1.94. The lowest BCUT2D eigenvalue weighted by atomic mass is 10.1. The molecule has 0 atom stereocenters.